The number of carbonyl (C=O) groups is 1. The lowest BCUT2D eigenvalue weighted by molar-refractivity contribution is 0.0623. The van der Waals surface area contributed by atoms with E-state index in [1.54, 1.807) is 19.6 Å². The Hall–Kier alpha value is -2.16. The van der Waals surface area contributed by atoms with Crippen molar-refractivity contribution in [2.75, 3.05) is 40.4 Å². The summed E-state index contributed by atoms with van der Waals surface area (Å²) in [6.07, 6.45) is 0. The highest BCUT2D eigenvalue weighted by molar-refractivity contribution is 7.09. The molecule has 2 heterocycles. The first-order valence-electron chi connectivity index (χ1n) is 8.51. The highest BCUT2D eigenvalue weighted by Crippen LogP contribution is 2.24. The molecule has 1 aromatic heterocycles. The quantitative estimate of drug-likeness (QED) is 0.824. The summed E-state index contributed by atoms with van der Waals surface area (Å²) in [5.74, 6) is 1.56. The first kappa shape index (κ1) is 18.6. The number of nitrogens with zero attached hydrogens (tertiary/aromatic N) is 3. The van der Waals surface area contributed by atoms with Gasteiger partial charge in [0, 0.05) is 50.7 Å². The normalized spacial score (nSPS) is 15.1. The first-order chi connectivity index (χ1) is 12.6. The molecule has 0 atom stereocenters. The van der Waals surface area contributed by atoms with Gasteiger partial charge in [-0.1, -0.05) is 0 Å². The Kier molecular flexibility index (Phi) is 6.08. The number of rotatable bonds is 6. The van der Waals surface area contributed by atoms with Crippen LogP contribution in [-0.2, 0) is 13.1 Å². The van der Waals surface area contributed by atoms with Crippen LogP contribution in [0.2, 0.25) is 0 Å². The number of thiazole rings is 1. The van der Waals surface area contributed by atoms with Gasteiger partial charge in [-0.3, -0.25) is 9.69 Å². The molecular formula is C18H24N4O3S. The summed E-state index contributed by atoms with van der Waals surface area (Å²) >= 11 is 1.43. The molecule has 0 saturated carbocycles. The predicted octanol–water partition coefficient (Wildman–Crippen LogP) is 1.58. The lowest BCUT2D eigenvalue weighted by atomic mass is 10.1. The highest BCUT2D eigenvalue weighted by atomic mass is 32.1. The zero-order valence-electron chi connectivity index (χ0n) is 15.1. The number of hydrogen-bond acceptors (Lipinski definition) is 7. The zero-order chi connectivity index (χ0) is 18.5. The van der Waals surface area contributed by atoms with Gasteiger partial charge < -0.3 is 20.1 Å². The molecule has 1 aromatic carbocycles. The van der Waals surface area contributed by atoms with E-state index in [-0.39, 0.29) is 5.91 Å². The maximum Gasteiger partial charge on any atom is 0.273 e. The number of hydrogen-bond donors (Lipinski definition) is 1. The van der Waals surface area contributed by atoms with Crippen molar-refractivity contribution < 1.29 is 14.3 Å². The third-order valence-corrected chi connectivity index (χ3v) is 5.29. The second-order valence-electron chi connectivity index (χ2n) is 6.12. The van der Waals surface area contributed by atoms with E-state index >= 15 is 0 Å². The third kappa shape index (κ3) is 4.32. The number of nitrogens with two attached hydrogens (primary N) is 1. The van der Waals surface area contributed by atoms with E-state index < -0.39 is 0 Å². The Labute approximate surface area is 157 Å². The van der Waals surface area contributed by atoms with Crippen LogP contribution >= 0.6 is 11.3 Å². The van der Waals surface area contributed by atoms with Crippen molar-refractivity contribution in [2.24, 2.45) is 5.73 Å². The van der Waals surface area contributed by atoms with Crippen LogP contribution in [0, 0.1) is 0 Å². The minimum atomic E-state index is -0.0105. The monoisotopic (exact) mass is 376 g/mol. The van der Waals surface area contributed by atoms with E-state index in [0.717, 1.165) is 41.7 Å². The lowest BCUT2D eigenvalue weighted by Gasteiger charge is -2.34. The molecule has 0 radical (unpaired) electrons. The van der Waals surface area contributed by atoms with E-state index in [9.17, 15) is 4.79 Å². The van der Waals surface area contributed by atoms with Gasteiger partial charge in [-0.25, -0.2) is 4.98 Å². The molecular weight excluding hydrogens is 352 g/mol. The molecule has 7 nitrogen and oxygen atoms in total. The minimum absolute atomic E-state index is 0.0105. The fraction of sp³-hybridized carbons (Fsp3) is 0.444. The molecule has 1 aliphatic rings. The highest BCUT2D eigenvalue weighted by Gasteiger charge is 2.24. The van der Waals surface area contributed by atoms with Crippen molar-refractivity contribution in [3.05, 3.63) is 39.8 Å². The van der Waals surface area contributed by atoms with Crippen LogP contribution in [0.4, 0.5) is 0 Å². The molecule has 2 N–H and O–H groups in total. The average molecular weight is 376 g/mol. The maximum absolute atomic E-state index is 12.5. The Bertz CT molecular complexity index is 734. The van der Waals surface area contributed by atoms with Crippen LogP contribution in [0.3, 0.4) is 0 Å². The van der Waals surface area contributed by atoms with Gasteiger partial charge in [0.2, 0.25) is 0 Å². The summed E-state index contributed by atoms with van der Waals surface area (Å²) in [5.41, 5.74) is 7.21. The van der Waals surface area contributed by atoms with Crippen LogP contribution < -0.4 is 15.2 Å². The van der Waals surface area contributed by atoms with Gasteiger partial charge in [0.05, 0.1) is 14.2 Å². The Morgan fingerprint density at radius 3 is 2.35 bits per heavy atom. The van der Waals surface area contributed by atoms with E-state index in [4.69, 9.17) is 15.2 Å². The largest absolute Gasteiger partial charge is 0.497 e. The molecule has 8 heteroatoms. The van der Waals surface area contributed by atoms with Crippen LogP contribution in [0.15, 0.2) is 23.6 Å². The van der Waals surface area contributed by atoms with Gasteiger partial charge in [0.1, 0.15) is 22.2 Å². The van der Waals surface area contributed by atoms with Gasteiger partial charge in [0.15, 0.2) is 0 Å². The third-order valence-electron chi connectivity index (χ3n) is 4.42. The number of piperazine rings is 1. The average Bonchev–Trinajstić information content (AvgIpc) is 3.17. The lowest BCUT2D eigenvalue weighted by Crippen LogP contribution is -2.48. The molecule has 0 bridgehead atoms. The molecule has 1 amide bonds. The molecule has 2 aromatic rings. The summed E-state index contributed by atoms with van der Waals surface area (Å²) < 4.78 is 10.7. The molecule has 0 unspecified atom stereocenters. The van der Waals surface area contributed by atoms with Crippen molar-refractivity contribution in [2.45, 2.75) is 13.1 Å². The molecule has 1 aliphatic heterocycles. The molecule has 1 fully saturated rings. The van der Waals surface area contributed by atoms with Gasteiger partial charge in [0.25, 0.3) is 5.91 Å². The second kappa shape index (κ2) is 8.48. The van der Waals surface area contributed by atoms with Crippen molar-refractivity contribution in [1.82, 2.24) is 14.8 Å². The number of ether oxygens (including phenoxy) is 2. The molecule has 3 rings (SSSR count). The van der Waals surface area contributed by atoms with Crippen molar-refractivity contribution in [1.29, 1.82) is 0 Å². The van der Waals surface area contributed by atoms with Crippen LogP contribution in [0.1, 0.15) is 21.1 Å². The van der Waals surface area contributed by atoms with E-state index in [1.165, 1.54) is 11.3 Å². The van der Waals surface area contributed by atoms with E-state index in [1.807, 2.05) is 23.1 Å². The molecule has 26 heavy (non-hydrogen) atoms. The number of benzene rings is 1. The topological polar surface area (TPSA) is 80.9 Å². The van der Waals surface area contributed by atoms with Gasteiger partial charge in [-0.15, -0.1) is 11.3 Å². The summed E-state index contributed by atoms with van der Waals surface area (Å²) in [6.45, 7) is 4.18. The molecule has 0 aliphatic carbocycles. The van der Waals surface area contributed by atoms with Gasteiger partial charge >= 0.3 is 0 Å². The maximum atomic E-state index is 12.5. The fourth-order valence-corrected chi connectivity index (χ4v) is 3.64. The van der Waals surface area contributed by atoms with Crippen molar-refractivity contribution in [3.8, 4) is 11.5 Å². The second-order valence-corrected chi connectivity index (χ2v) is 7.06. The van der Waals surface area contributed by atoms with E-state index in [2.05, 4.69) is 9.88 Å². The molecule has 140 valence electrons. The standard InChI is InChI=1S/C18H24N4O3S/c1-24-14-7-13(8-15(9-14)25-2)11-21-3-5-22(6-4-21)18(23)16-12-26-17(10-19)20-16/h7-9,12H,3-6,10-11,19H2,1-2H3. The fourth-order valence-electron chi connectivity index (χ4n) is 2.99. The molecule has 0 spiro atoms. The Morgan fingerprint density at radius 1 is 1.15 bits per heavy atom. The van der Waals surface area contributed by atoms with Crippen molar-refractivity contribution in [3.63, 3.8) is 0 Å². The number of amides is 1. The van der Waals surface area contributed by atoms with Gasteiger partial charge in [-0.05, 0) is 17.7 Å². The van der Waals surface area contributed by atoms with Crippen LogP contribution in [0.25, 0.3) is 0 Å². The first-order valence-corrected chi connectivity index (χ1v) is 9.39. The molecule has 1 saturated heterocycles. The SMILES string of the molecule is COc1cc(CN2CCN(C(=O)c3csc(CN)n3)CC2)cc(OC)c1. The van der Waals surface area contributed by atoms with E-state index in [0.29, 0.717) is 25.3 Å². The Morgan fingerprint density at radius 2 is 1.81 bits per heavy atom. The Balaban J connectivity index is 1.57. The number of carbonyl (C=O) groups excluding carboxylic acids is 1. The summed E-state index contributed by atoms with van der Waals surface area (Å²) in [6, 6.07) is 5.90. The van der Waals surface area contributed by atoms with Gasteiger partial charge in [-0.2, -0.15) is 0 Å². The summed E-state index contributed by atoms with van der Waals surface area (Å²) in [4.78, 5) is 21.0. The zero-order valence-corrected chi connectivity index (χ0v) is 15.9. The predicted molar refractivity (Wildman–Crippen MR) is 101 cm³/mol. The number of aromatic nitrogens is 1. The van der Waals surface area contributed by atoms with Crippen molar-refractivity contribution >= 4 is 17.2 Å². The number of methoxy groups -OCH3 is 2. The van der Waals surface area contributed by atoms with Crippen LogP contribution in [-0.4, -0.2) is 61.1 Å². The minimum Gasteiger partial charge on any atom is -0.497 e. The van der Waals surface area contributed by atoms with Crippen LogP contribution in [0.5, 0.6) is 11.5 Å². The smallest absolute Gasteiger partial charge is 0.273 e. The summed E-state index contributed by atoms with van der Waals surface area (Å²) in [5, 5.41) is 2.58. The summed E-state index contributed by atoms with van der Waals surface area (Å²) in [7, 11) is 3.30.